The number of benzene rings is 8. The number of aryl methyl sites for hydroxylation is 1. The molecular formula is C58H41N4OPt-3. The summed E-state index contributed by atoms with van der Waals surface area (Å²) in [7, 11) is 0. The topological polar surface area (TPSA) is 33.5 Å². The molecule has 1 aliphatic heterocycles. The van der Waals surface area contributed by atoms with Gasteiger partial charge in [0.15, 0.2) is 0 Å². The smallest absolute Gasteiger partial charge is 0.135 e. The van der Waals surface area contributed by atoms with Crippen LogP contribution in [0.5, 0.6) is 11.5 Å². The fourth-order valence-corrected chi connectivity index (χ4v) is 9.85. The average molecular weight is 1010 g/mol. The zero-order valence-electron chi connectivity index (χ0n) is 35.5. The van der Waals surface area contributed by atoms with E-state index in [0.717, 1.165) is 78.5 Å². The van der Waals surface area contributed by atoms with Crippen molar-refractivity contribution in [3.63, 3.8) is 0 Å². The summed E-state index contributed by atoms with van der Waals surface area (Å²) in [6.07, 6.45) is 2.00. The molecule has 0 amide bonds. The van der Waals surface area contributed by atoms with Crippen molar-refractivity contribution in [1.82, 2.24) is 9.55 Å². The van der Waals surface area contributed by atoms with Crippen molar-refractivity contribution in [2.24, 2.45) is 0 Å². The van der Waals surface area contributed by atoms with E-state index < -0.39 is 0 Å². The van der Waals surface area contributed by atoms with E-state index in [1.54, 1.807) is 0 Å². The van der Waals surface area contributed by atoms with Gasteiger partial charge in [-0.3, -0.25) is 0 Å². The van der Waals surface area contributed by atoms with Crippen LogP contribution < -0.4 is 14.5 Å². The minimum atomic E-state index is -0.229. The molecule has 312 valence electrons. The van der Waals surface area contributed by atoms with Crippen LogP contribution in [0.15, 0.2) is 188 Å². The zero-order chi connectivity index (χ0) is 42.2. The molecule has 0 bridgehead atoms. The molecule has 0 N–H and O–H groups in total. The number of aromatic nitrogens is 2. The van der Waals surface area contributed by atoms with Gasteiger partial charge in [0.25, 0.3) is 0 Å². The van der Waals surface area contributed by atoms with Gasteiger partial charge in [0, 0.05) is 78.0 Å². The van der Waals surface area contributed by atoms with Crippen LogP contribution in [-0.4, -0.2) is 9.55 Å². The van der Waals surface area contributed by atoms with Crippen molar-refractivity contribution in [3.8, 4) is 50.7 Å². The number of hydrogen-bond donors (Lipinski definition) is 0. The fourth-order valence-electron chi connectivity index (χ4n) is 9.85. The second-order valence-corrected chi connectivity index (χ2v) is 16.9. The van der Waals surface area contributed by atoms with Gasteiger partial charge < -0.3 is 19.1 Å². The fraction of sp³-hybridized carbons (Fsp3) is 0.0690. The van der Waals surface area contributed by atoms with Gasteiger partial charge in [-0.05, 0) is 69.8 Å². The van der Waals surface area contributed by atoms with Crippen molar-refractivity contribution in [2.45, 2.75) is 26.2 Å². The van der Waals surface area contributed by atoms with Gasteiger partial charge in [-0.2, -0.15) is 6.07 Å². The predicted molar refractivity (Wildman–Crippen MR) is 257 cm³/mol. The maximum atomic E-state index is 6.85. The molecule has 0 fully saturated rings. The van der Waals surface area contributed by atoms with E-state index in [2.05, 4.69) is 218 Å². The summed E-state index contributed by atoms with van der Waals surface area (Å²) in [5.41, 5.74) is 16.5. The maximum Gasteiger partial charge on any atom is 0.135 e. The Morgan fingerprint density at radius 2 is 1.14 bits per heavy atom. The van der Waals surface area contributed by atoms with Crippen molar-refractivity contribution in [3.05, 3.63) is 224 Å². The molecule has 8 aromatic carbocycles. The van der Waals surface area contributed by atoms with E-state index in [4.69, 9.17) is 9.72 Å². The molecule has 2 aromatic heterocycles. The standard InChI is InChI=1S/C58H41N4O.Pt/c1-38-32-54(59-36-47(38)41-22-11-6-12-23-41)62-52-31-17-28-48-55(52)56-49(58(48,2)3)34-44(35-53(56)62)63-43-25-15-24-42(33-43)60-37-61(51-30-14-13-29-50(51)60)57-45(39-18-7-4-8-19-39)26-16-27-46(57)40-20-9-5-10-21-40;/h4-32,34,36-37H,1-3H3;/q-3;. The molecule has 3 heterocycles. The van der Waals surface area contributed by atoms with E-state index in [9.17, 15) is 0 Å². The van der Waals surface area contributed by atoms with Gasteiger partial charge in [0.1, 0.15) is 5.82 Å². The number of para-hydroxylation sites is 3. The molecule has 0 unspecified atom stereocenters. The monoisotopic (exact) mass is 1000 g/mol. The number of fused-ring (bicyclic) bond motifs is 1. The molecule has 1 aliphatic carbocycles. The number of rotatable bonds is 8. The molecule has 2 aliphatic rings. The SMILES string of the molecule is Cc1cc(-n2c3[c-]c(Oc4[c-]c(N5[CH-]N(c6c(-c7ccccc7)cccc6-c6ccccc6)c6ccccc65)ccc4)cc4c3c3c(cccc32)C4(C)C)ncc1-c1ccccc1.[Pt]. The van der Waals surface area contributed by atoms with Crippen molar-refractivity contribution in [2.75, 3.05) is 9.80 Å². The zero-order valence-corrected chi connectivity index (χ0v) is 37.8. The van der Waals surface area contributed by atoms with Crippen molar-refractivity contribution < 1.29 is 25.8 Å². The maximum absolute atomic E-state index is 6.85. The molecule has 0 atom stereocenters. The van der Waals surface area contributed by atoms with Crippen LogP contribution in [0.2, 0.25) is 0 Å². The van der Waals surface area contributed by atoms with Gasteiger partial charge in [0.05, 0.1) is 0 Å². The predicted octanol–water partition coefficient (Wildman–Crippen LogP) is 14.9. The van der Waals surface area contributed by atoms with Crippen LogP contribution >= 0.6 is 0 Å². The first-order chi connectivity index (χ1) is 30.9. The summed E-state index contributed by atoms with van der Waals surface area (Å²) >= 11 is 0. The Kier molecular flexibility index (Phi) is 9.63. The number of ether oxygens (including phenoxy) is 1. The van der Waals surface area contributed by atoms with Gasteiger partial charge in [-0.1, -0.05) is 158 Å². The van der Waals surface area contributed by atoms with E-state index in [-0.39, 0.29) is 26.5 Å². The summed E-state index contributed by atoms with van der Waals surface area (Å²) in [4.78, 5) is 9.62. The molecule has 10 aromatic rings. The number of hydrogen-bond acceptors (Lipinski definition) is 4. The normalized spacial score (nSPS) is 13.4. The van der Waals surface area contributed by atoms with E-state index in [0.29, 0.717) is 11.5 Å². The Morgan fingerprint density at radius 1 is 0.547 bits per heavy atom. The quantitative estimate of drug-likeness (QED) is 0.142. The number of anilines is 4. The third kappa shape index (κ3) is 6.29. The van der Waals surface area contributed by atoms with Gasteiger partial charge >= 0.3 is 0 Å². The largest absolute Gasteiger partial charge is 0.509 e. The molecule has 6 heteroatoms. The Labute approximate surface area is 388 Å². The first-order valence-corrected chi connectivity index (χ1v) is 21.5. The molecule has 5 nitrogen and oxygen atoms in total. The summed E-state index contributed by atoms with van der Waals surface area (Å²) in [6, 6.07) is 71.4. The van der Waals surface area contributed by atoms with Crippen LogP contribution in [0, 0.1) is 25.7 Å². The summed E-state index contributed by atoms with van der Waals surface area (Å²) in [6.45, 7) is 8.96. The van der Waals surface area contributed by atoms with E-state index in [1.807, 2.05) is 24.4 Å². The molecular weight excluding hydrogens is 964 g/mol. The summed E-state index contributed by atoms with van der Waals surface area (Å²) < 4.78 is 9.10. The van der Waals surface area contributed by atoms with Crippen LogP contribution in [0.4, 0.5) is 22.7 Å². The molecule has 0 spiro atoms. The van der Waals surface area contributed by atoms with E-state index in [1.165, 1.54) is 21.9 Å². The van der Waals surface area contributed by atoms with Crippen LogP contribution in [0.3, 0.4) is 0 Å². The Balaban J connectivity index is 0.00000456. The van der Waals surface area contributed by atoms with Crippen LogP contribution in [-0.2, 0) is 26.5 Å². The molecule has 0 radical (unpaired) electrons. The number of pyridine rings is 1. The van der Waals surface area contributed by atoms with E-state index >= 15 is 0 Å². The molecule has 64 heavy (non-hydrogen) atoms. The Morgan fingerprint density at radius 3 is 1.80 bits per heavy atom. The second kappa shape index (κ2) is 15.6. The third-order valence-corrected chi connectivity index (χ3v) is 12.8. The van der Waals surface area contributed by atoms with Crippen molar-refractivity contribution >= 4 is 44.6 Å². The Hall–Kier alpha value is -7.20. The van der Waals surface area contributed by atoms with Gasteiger partial charge in [-0.15, -0.1) is 48.3 Å². The molecule has 0 saturated heterocycles. The van der Waals surface area contributed by atoms with Crippen LogP contribution in [0.25, 0.3) is 61.0 Å². The summed E-state index contributed by atoms with van der Waals surface area (Å²) in [5, 5.41) is 2.46. The third-order valence-electron chi connectivity index (χ3n) is 12.8. The first-order valence-electron chi connectivity index (χ1n) is 21.5. The molecule has 0 saturated carbocycles. The first kappa shape index (κ1) is 39.6. The molecule has 12 rings (SSSR count). The van der Waals surface area contributed by atoms with Crippen molar-refractivity contribution in [1.29, 1.82) is 0 Å². The Bertz CT molecular complexity index is 3340. The average Bonchev–Trinajstić information content (AvgIpc) is 3.95. The minimum absolute atomic E-state index is 0. The number of nitrogens with zero attached hydrogens (tertiary/aromatic N) is 4. The second-order valence-electron chi connectivity index (χ2n) is 16.9. The minimum Gasteiger partial charge on any atom is -0.509 e. The van der Waals surface area contributed by atoms with Gasteiger partial charge in [0.2, 0.25) is 0 Å². The van der Waals surface area contributed by atoms with Gasteiger partial charge in [-0.25, -0.2) is 4.98 Å². The van der Waals surface area contributed by atoms with Crippen LogP contribution in [0.1, 0.15) is 30.5 Å². The summed E-state index contributed by atoms with van der Waals surface area (Å²) in [5.74, 6) is 2.09.